The molecule has 0 radical (unpaired) electrons. The lowest BCUT2D eigenvalue weighted by atomic mass is 10.2. The minimum atomic E-state index is -0.518. The van der Waals surface area contributed by atoms with Crippen molar-refractivity contribution in [2.45, 2.75) is 58.4 Å². The lowest BCUT2D eigenvalue weighted by molar-refractivity contribution is -0.121. The van der Waals surface area contributed by atoms with Crippen LogP contribution in [0.4, 0.5) is 0 Å². The van der Waals surface area contributed by atoms with Crippen molar-refractivity contribution in [1.29, 1.82) is 0 Å². The van der Waals surface area contributed by atoms with Gasteiger partial charge in [0.2, 0.25) is 11.8 Å². The van der Waals surface area contributed by atoms with Crippen molar-refractivity contribution < 1.29 is 9.59 Å². The molecule has 9 heteroatoms. The second-order valence-electron chi connectivity index (χ2n) is 6.76. The Morgan fingerprint density at radius 2 is 1.76 bits per heavy atom. The van der Waals surface area contributed by atoms with E-state index in [1.54, 1.807) is 6.92 Å². The summed E-state index contributed by atoms with van der Waals surface area (Å²) in [5, 5.41) is 5.65. The third kappa shape index (κ3) is 10.4. The highest BCUT2D eigenvalue weighted by atomic mass is 16.2. The maximum atomic E-state index is 11.8. The second-order valence-corrected chi connectivity index (χ2v) is 6.76. The van der Waals surface area contributed by atoms with Crippen LogP contribution in [0.25, 0.3) is 6.08 Å². The average Bonchev–Trinajstić information content (AvgIpc) is 2.69. The molecule has 0 aromatic carbocycles. The van der Waals surface area contributed by atoms with Crippen molar-refractivity contribution in [1.82, 2.24) is 20.2 Å². The molecule has 0 aliphatic heterocycles. The number of hydrogen-bond donors (Lipinski definition) is 4. The lowest BCUT2D eigenvalue weighted by Crippen LogP contribution is -2.30. The van der Waals surface area contributed by atoms with E-state index in [9.17, 15) is 19.2 Å². The van der Waals surface area contributed by atoms with Gasteiger partial charge in [-0.3, -0.25) is 19.4 Å². The van der Waals surface area contributed by atoms with Gasteiger partial charge in [0.05, 0.1) is 5.56 Å². The number of rotatable bonds is 14. The summed E-state index contributed by atoms with van der Waals surface area (Å²) in [5.74, 6) is -0.214. The van der Waals surface area contributed by atoms with Crippen molar-refractivity contribution in [3.63, 3.8) is 0 Å². The molecule has 0 aliphatic carbocycles. The number of hydrogen-bond acceptors (Lipinski definition) is 5. The van der Waals surface area contributed by atoms with E-state index in [4.69, 9.17) is 5.73 Å². The molecule has 9 nitrogen and oxygen atoms in total. The highest BCUT2D eigenvalue weighted by Crippen LogP contribution is 1.99. The highest BCUT2D eigenvalue weighted by Gasteiger charge is 2.02. The van der Waals surface area contributed by atoms with E-state index in [2.05, 4.69) is 15.6 Å². The summed E-state index contributed by atoms with van der Waals surface area (Å²) in [6, 6.07) is 0. The van der Waals surface area contributed by atoms with Crippen LogP contribution in [-0.2, 0) is 16.1 Å². The van der Waals surface area contributed by atoms with E-state index in [1.165, 1.54) is 22.9 Å². The summed E-state index contributed by atoms with van der Waals surface area (Å²) >= 11 is 0. The van der Waals surface area contributed by atoms with Gasteiger partial charge in [-0.2, -0.15) is 0 Å². The van der Waals surface area contributed by atoms with E-state index in [0.29, 0.717) is 32.6 Å². The summed E-state index contributed by atoms with van der Waals surface area (Å²) in [6.07, 6.45) is 10.0. The van der Waals surface area contributed by atoms with Crippen molar-refractivity contribution in [2.24, 2.45) is 5.73 Å². The second kappa shape index (κ2) is 14.3. The summed E-state index contributed by atoms with van der Waals surface area (Å²) in [7, 11) is 0. The SMILES string of the molecule is CCn1cc(/C=C/C(=O)NCCCCCCNC(=O)CCCCN)c(=O)[nH]c1=O. The first-order chi connectivity index (χ1) is 14.0. The summed E-state index contributed by atoms with van der Waals surface area (Å²) in [5.41, 5.74) is 4.66. The number of amides is 2. The van der Waals surface area contributed by atoms with Crippen LogP contribution in [0.1, 0.15) is 57.4 Å². The number of nitrogens with zero attached hydrogens (tertiary/aromatic N) is 1. The Labute approximate surface area is 170 Å². The Bertz CT molecular complexity index is 782. The third-order valence-electron chi connectivity index (χ3n) is 4.38. The number of aromatic nitrogens is 2. The average molecular weight is 408 g/mol. The largest absolute Gasteiger partial charge is 0.356 e. The van der Waals surface area contributed by atoms with Gasteiger partial charge in [-0.25, -0.2) is 4.79 Å². The fourth-order valence-electron chi connectivity index (χ4n) is 2.67. The third-order valence-corrected chi connectivity index (χ3v) is 4.38. The van der Waals surface area contributed by atoms with E-state index in [-0.39, 0.29) is 17.4 Å². The Morgan fingerprint density at radius 1 is 1.07 bits per heavy atom. The Hall–Kier alpha value is -2.68. The molecular formula is C20H33N5O4. The number of nitrogens with two attached hydrogens (primary N) is 1. The first-order valence-electron chi connectivity index (χ1n) is 10.2. The molecule has 0 unspecified atom stereocenters. The molecule has 1 aromatic rings. The number of H-pyrrole nitrogens is 1. The van der Waals surface area contributed by atoms with Gasteiger partial charge in [0, 0.05) is 38.3 Å². The molecule has 1 aromatic heterocycles. The van der Waals surface area contributed by atoms with Gasteiger partial charge >= 0.3 is 5.69 Å². The van der Waals surface area contributed by atoms with Crippen LogP contribution in [0.3, 0.4) is 0 Å². The summed E-state index contributed by atoms with van der Waals surface area (Å²) < 4.78 is 1.36. The van der Waals surface area contributed by atoms with Crippen LogP contribution in [0, 0.1) is 0 Å². The smallest absolute Gasteiger partial charge is 0.328 e. The fraction of sp³-hybridized carbons (Fsp3) is 0.600. The predicted octanol–water partition coefficient (Wildman–Crippen LogP) is 0.492. The Balaban J connectivity index is 2.16. The standard InChI is InChI=1S/C20H33N5O4/c1-2-25-15-16(19(28)24-20(25)29)10-11-18(27)23-14-8-4-3-7-13-22-17(26)9-5-6-12-21/h10-11,15H,2-9,12-14,21H2,1H3,(H,22,26)(H,23,27)(H,24,28,29)/b11-10+. The van der Waals surface area contributed by atoms with Crippen molar-refractivity contribution in [3.8, 4) is 0 Å². The minimum absolute atomic E-state index is 0.0747. The lowest BCUT2D eigenvalue weighted by Gasteiger charge is -2.05. The minimum Gasteiger partial charge on any atom is -0.356 e. The van der Waals surface area contributed by atoms with Gasteiger partial charge in [0.25, 0.3) is 5.56 Å². The Morgan fingerprint density at radius 3 is 2.41 bits per heavy atom. The molecule has 0 aliphatic rings. The zero-order valence-electron chi connectivity index (χ0n) is 17.2. The molecule has 1 heterocycles. The molecular weight excluding hydrogens is 374 g/mol. The highest BCUT2D eigenvalue weighted by molar-refractivity contribution is 5.91. The maximum absolute atomic E-state index is 11.8. The van der Waals surface area contributed by atoms with Crippen LogP contribution < -0.4 is 27.6 Å². The molecule has 0 spiro atoms. The van der Waals surface area contributed by atoms with E-state index in [0.717, 1.165) is 38.5 Å². The van der Waals surface area contributed by atoms with Crippen molar-refractivity contribution in [2.75, 3.05) is 19.6 Å². The van der Waals surface area contributed by atoms with Gasteiger partial charge in [-0.15, -0.1) is 0 Å². The zero-order chi connectivity index (χ0) is 21.5. The first-order valence-corrected chi connectivity index (χ1v) is 10.2. The van der Waals surface area contributed by atoms with Crippen molar-refractivity contribution >= 4 is 17.9 Å². The number of carbonyl (C=O) groups is 2. The molecule has 29 heavy (non-hydrogen) atoms. The fourth-order valence-corrected chi connectivity index (χ4v) is 2.67. The van der Waals surface area contributed by atoms with Gasteiger partial charge in [0.1, 0.15) is 0 Å². The van der Waals surface area contributed by atoms with E-state index in [1.807, 2.05) is 0 Å². The predicted molar refractivity (Wildman–Crippen MR) is 113 cm³/mol. The van der Waals surface area contributed by atoms with Crippen LogP contribution in [0.2, 0.25) is 0 Å². The number of aromatic amines is 1. The van der Waals surface area contributed by atoms with Crippen LogP contribution >= 0.6 is 0 Å². The Kier molecular flexibility index (Phi) is 12.0. The number of carbonyl (C=O) groups excluding carboxylic acids is 2. The van der Waals surface area contributed by atoms with Gasteiger partial charge in [-0.1, -0.05) is 12.8 Å². The van der Waals surface area contributed by atoms with Gasteiger partial charge in [-0.05, 0) is 45.2 Å². The zero-order valence-corrected chi connectivity index (χ0v) is 17.2. The maximum Gasteiger partial charge on any atom is 0.328 e. The van der Waals surface area contributed by atoms with Gasteiger partial charge < -0.3 is 20.9 Å². The van der Waals surface area contributed by atoms with Crippen LogP contribution in [0.15, 0.2) is 21.9 Å². The van der Waals surface area contributed by atoms with Gasteiger partial charge in [0.15, 0.2) is 0 Å². The monoisotopic (exact) mass is 407 g/mol. The molecule has 0 atom stereocenters. The molecule has 0 saturated carbocycles. The first kappa shape index (κ1) is 24.4. The summed E-state index contributed by atoms with van der Waals surface area (Å²) in [6.45, 7) is 4.05. The molecule has 0 fully saturated rings. The van der Waals surface area contributed by atoms with Crippen LogP contribution in [0.5, 0.6) is 0 Å². The number of nitrogens with one attached hydrogen (secondary N) is 3. The number of unbranched alkanes of at least 4 members (excludes halogenated alkanes) is 4. The molecule has 162 valence electrons. The topological polar surface area (TPSA) is 139 Å². The van der Waals surface area contributed by atoms with Crippen LogP contribution in [-0.4, -0.2) is 41.0 Å². The summed E-state index contributed by atoms with van der Waals surface area (Å²) in [4.78, 5) is 48.8. The van der Waals surface area contributed by atoms with Crippen molar-refractivity contribution in [3.05, 3.63) is 38.7 Å². The quantitative estimate of drug-likeness (QED) is 0.263. The molecule has 5 N–H and O–H groups in total. The van der Waals surface area contributed by atoms with E-state index >= 15 is 0 Å². The normalized spacial score (nSPS) is 11.0. The molecule has 1 rings (SSSR count). The number of aryl methyl sites for hydroxylation is 1. The van der Waals surface area contributed by atoms with E-state index < -0.39 is 11.2 Å². The molecule has 0 bridgehead atoms. The molecule has 0 saturated heterocycles. The molecule has 2 amide bonds.